The summed E-state index contributed by atoms with van der Waals surface area (Å²) in [5, 5.41) is 6.82. The fourth-order valence-electron chi connectivity index (χ4n) is 3.26. The van der Waals surface area contributed by atoms with Crippen LogP contribution in [0.2, 0.25) is 0 Å². The van der Waals surface area contributed by atoms with Gasteiger partial charge in [0.25, 0.3) is 0 Å². The number of ether oxygens (including phenoxy) is 2. The Labute approximate surface area is 162 Å². The Bertz CT molecular complexity index is 580. The van der Waals surface area contributed by atoms with Gasteiger partial charge in [-0.3, -0.25) is 9.89 Å². The molecule has 1 unspecified atom stereocenters. The van der Waals surface area contributed by atoms with E-state index in [4.69, 9.17) is 13.9 Å². The van der Waals surface area contributed by atoms with Crippen molar-refractivity contribution in [3.63, 3.8) is 0 Å². The maximum absolute atomic E-state index is 5.92. The Morgan fingerprint density at radius 2 is 2.11 bits per heavy atom. The first kappa shape index (κ1) is 20.2. The fourth-order valence-corrected chi connectivity index (χ4v) is 3.26. The van der Waals surface area contributed by atoms with E-state index in [9.17, 15) is 0 Å². The number of rotatable bonds is 10. The molecule has 27 heavy (non-hydrogen) atoms. The van der Waals surface area contributed by atoms with E-state index in [1.54, 1.807) is 7.05 Å². The van der Waals surface area contributed by atoms with Crippen molar-refractivity contribution >= 4 is 5.96 Å². The minimum Gasteiger partial charge on any atom is -0.465 e. The normalized spacial score (nSPS) is 19.9. The summed E-state index contributed by atoms with van der Waals surface area (Å²) in [6.07, 6.45) is 3.67. The third-order valence-corrected chi connectivity index (χ3v) is 5.07. The Morgan fingerprint density at radius 3 is 2.78 bits per heavy atom. The standard InChI is InChI=1S/C20H34N4O3/c1-16-4-7-19(27-16)18(24-9-12-25-13-10-24)14-23-20(21-2)22-8-3-11-26-15-17-5-6-17/h4,7,17-18H,3,5-6,8-15H2,1-2H3,(H2,21,22,23). The molecule has 2 fully saturated rings. The van der Waals surface area contributed by atoms with Gasteiger partial charge in [0.15, 0.2) is 5.96 Å². The number of furan rings is 1. The molecule has 1 atom stereocenters. The third kappa shape index (κ3) is 6.83. The highest BCUT2D eigenvalue weighted by Gasteiger charge is 2.25. The molecule has 0 amide bonds. The molecule has 1 aromatic rings. The summed E-state index contributed by atoms with van der Waals surface area (Å²) < 4.78 is 17.1. The van der Waals surface area contributed by atoms with Gasteiger partial charge in [-0.2, -0.15) is 0 Å². The lowest BCUT2D eigenvalue weighted by Crippen LogP contribution is -2.46. The number of aryl methyl sites for hydroxylation is 1. The summed E-state index contributed by atoms with van der Waals surface area (Å²) in [5.41, 5.74) is 0. The molecule has 0 radical (unpaired) electrons. The van der Waals surface area contributed by atoms with Crippen molar-refractivity contribution in [1.82, 2.24) is 15.5 Å². The average molecular weight is 379 g/mol. The zero-order valence-corrected chi connectivity index (χ0v) is 16.7. The van der Waals surface area contributed by atoms with Crippen molar-refractivity contribution in [3.8, 4) is 0 Å². The molecular formula is C20H34N4O3. The van der Waals surface area contributed by atoms with Gasteiger partial charge in [0.1, 0.15) is 11.5 Å². The molecule has 2 aliphatic rings. The summed E-state index contributed by atoms with van der Waals surface area (Å²) in [4.78, 5) is 6.75. The lowest BCUT2D eigenvalue weighted by atomic mass is 10.1. The van der Waals surface area contributed by atoms with Gasteiger partial charge in [-0.15, -0.1) is 0 Å². The van der Waals surface area contributed by atoms with Crippen molar-refractivity contribution in [1.29, 1.82) is 0 Å². The largest absolute Gasteiger partial charge is 0.465 e. The second-order valence-electron chi connectivity index (χ2n) is 7.36. The van der Waals surface area contributed by atoms with Crippen molar-refractivity contribution in [2.24, 2.45) is 10.9 Å². The van der Waals surface area contributed by atoms with Gasteiger partial charge in [-0.1, -0.05) is 0 Å². The summed E-state index contributed by atoms with van der Waals surface area (Å²) in [6, 6.07) is 4.27. The van der Waals surface area contributed by atoms with Gasteiger partial charge < -0.3 is 24.5 Å². The number of aliphatic imine (C=N–C) groups is 1. The van der Waals surface area contributed by atoms with Crippen LogP contribution >= 0.6 is 0 Å². The molecule has 1 aliphatic heterocycles. The van der Waals surface area contributed by atoms with E-state index >= 15 is 0 Å². The lowest BCUT2D eigenvalue weighted by Gasteiger charge is -2.33. The van der Waals surface area contributed by atoms with Crippen LogP contribution < -0.4 is 10.6 Å². The minimum atomic E-state index is 0.169. The van der Waals surface area contributed by atoms with E-state index in [1.165, 1.54) is 12.8 Å². The molecule has 2 heterocycles. The fraction of sp³-hybridized carbons (Fsp3) is 0.750. The van der Waals surface area contributed by atoms with E-state index < -0.39 is 0 Å². The van der Waals surface area contributed by atoms with E-state index in [0.29, 0.717) is 0 Å². The van der Waals surface area contributed by atoms with Gasteiger partial charge in [0.2, 0.25) is 0 Å². The van der Waals surface area contributed by atoms with Crippen LogP contribution in [0.15, 0.2) is 21.5 Å². The highest BCUT2D eigenvalue weighted by Crippen LogP contribution is 2.28. The molecule has 152 valence electrons. The van der Waals surface area contributed by atoms with Gasteiger partial charge in [-0.25, -0.2) is 0 Å². The van der Waals surface area contributed by atoms with E-state index in [-0.39, 0.29) is 6.04 Å². The first-order chi connectivity index (χ1) is 13.3. The molecule has 1 saturated carbocycles. The summed E-state index contributed by atoms with van der Waals surface area (Å²) in [6.45, 7) is 8.68. The van der Waals surface area contributed by atoms with E-state index in [0.717, 1.165) is 82.4 Å². The highest BCUT2D eigenvalue weighted by atomic mass is 16.5. The average Bonchev–Trinajstić information content (AvgIpc) is 3.43. The monoisotopic (exact) mass is 378 g/mol. The molecule has 1 saturated heterocycles. The van der Waals surface area contributed by atoms with Crippen LogP contribution in [0.4, 0.5) is 0 Å². The van der Waals surface area contributed by atoms with Crippen LogP contribution in [0.5, 0.6) is 0 Å². The molecule has 0 aromatic carbocycles. The maximum atomic E-state index is 5.92. The number of morpholine rings is 1. The predicted octanol–water partition coefficient (Wildman–Crippen LogP) is 1.94. The molecule has 1 aromatic heterocycles. The van der Waals surface area contributed by atoms with Gasteiger partial charge in [0.05, 0.1) is 19.3 Å². The number of nitrogens with one attached hydrogen (secondary N) is 2. The predicted molar refractivity (Wildman–Crippen MR) is 106 cm³/mol. The van der Waals surface area contributed by atoms with E-state index in [1.807, 2.05) is 13.0 Å². The zero-order valence-electron chi connectivity index (χ0n) is 16.7. The smallest absolute Gasteiger partial charge is 0.191 e. The van der Waals surface area contributed by atoms with Gasteiger partial charge >= 0.3 is 0 Å². The molecular weight excluding hydrogens is 344 g/mol. The summed E-state index contributed by atoms with van der Waals surface area (Å²) in [5.74, 6) is 3.58. The molecule has 2 N–H and O–H groups in total. The lowest BCUT2D eigenvalue weighted by molar-refractivity contribution is 0.0124. The van der Waals surface area contributed by atoms with Crippen molar-refractivity contribution in [3.05, 3.63) is 23.7 Å². The molecule has 0 spiro atoms. The summed E-state index contributed by atoms with van der Waals surface area (Å²) in [7, 11) is 1.81. The topological polar surface area (TPSA) is 71.3 Å². The van der Waals surface area contributed by atoms with Crippen molar-refractivity contribution in [2.75, 3.05) is 59.7 Å². The number of hydrogen-bond donors (Lipinski definition) is 2. The zero-order chi connectivity index (χ0) is 18.9. The van der Waals surface area contributed by atoms with Crippen molar-refractivity contribution in [2.45, 2.75) is 32.2 Å². The first-order valence-electron chi connectivity index (χ1n) is 10.2. The molecule has 7 nitrogen and oxygen atoms in total. The second-order valence-corrected chi connectivity index (χ2v) is 7.36. The van der Waals surface area contributed by atoms with Gasteiger partial charge in [-0.05, 0) is 44.2 Å². The van der Waals surface area contributed by atoms with Crippen LogP contribution in [0, 0.1) is 12.8 Å². The number of guanidine groups is 1. The van der Waals surface area contributed by atoms with Crippen LogP contribution in [0.1, 0.15) is 36.8 Å². The maximum Gasteiger partial charge on any atom is 0.191 e. The number of nitrogens with zero attached hydrogens (tertiary/aromatic N) is 2. The highest BCUT2D eigenvalue weighted by molar-refractivity contribution is 5.79. The Kier molecular flexibility index (Phi) is 7.98. The first-order valence-corrected chi connectivity index (χ1v) is 10.2. The van der Waals surface area contributed by atoms with Crippen LogP contribution in [0.3, 0.4) is 0 Å². The van der Waals surface area contributed by atoms with Crippen LogP contribution in [-0.4, -0.2) is 70.5 Å². The van der Waals surface area contributed by atoms with Crippen LogP contribution in [-0.2, 0) is 9.47 Å². The molecule has 7 heteroatoms. The second kappa shape index (κ2) is 10.7. The van der Waals surface area contributed by atoms with Crippen molar-refractivity contribution < 1.29 is 13.9 Å². The summed E-state index contributed by atoms with van der Waals surface area (Å²) >= 11 is 0. The Balaban J connectivity index is 1.42. The SMILES string of the molecule is CN=C(NCCCOCC1CC1)NCC(c1ccc(C)o1)N1CCOCC1. The van der Waals surface area contributed by atoms with E-state index in [2.05, 4.69) is 26.6 Å². The molecule has 0 bridgehead atoms. The molecule has 3 rings (SSSR count). The van der Waals surface area contributed by atoms with Crippen LogP contribution in [0.25, 0.3) is 0 Å². The Hall–Kier alpha value is -1.57. The van der Waals surface area contributed by atoms with Gasteiger partial charge in [0, 0.05) is 46.4 Å². The molecule has 1 aliphatic carbocycles. The quantitative estimate of drug-likeness (QED) is 0.368. The minimum absolute atomic E-state index is 0.169. The third-order valence-electron chi connectivity index (χ3n) is 5.07. The Morgan fingerprint density at radius 1 is 1.30 bits per heavy atom. The number of hydrogen-bond acceptors (Lipinski definition) is 5.